The second-order valence-electron chi connectivity index (χ2n) is 4.21. The molecule has 0 atom stereocenters. The zero-order valence-corrected chi connectivity index (χ0v) is 11.4. The van der Waals surface area contributed by atoms with Crippen molar-refractivity contribution < 1.29 is 14.3 Å². The third kappa shape index (κ3) is 4.91. The maximum atomic E-state index is 11.6. The minimum absolute atomic E-state index is 0.155. The molecule has 5 heteroatoms. The van der Waals surface area contributed by atoms with Gasteiger partial charge in [0.15, 0.2) is 0 Å². The minimum Gasteiger partial charge on any atom is -0.423 e. The molecular weight excluding hydrogens is 268 g/mol. The fourth-order valence-corrected chi connectivity index (χ4v) is 1.59. The molecule has 0 aliphatic carbocycles. The summed E-state index contributed by atoms with van der Waals surface area (Å²) in [5, 5.41) is 2.63. The lowest BCUT2D eigenvalue weighted by molar-refractivity contribution is -0.128. The average molecular weight is 282 g/mol. The van der Waals surface area contributed by atoms with Crippen LogP contribution in [0.4, 0.5) is 5.69 Å². The second kappa shape index (κ2) is 7.00. The molecule has 1 amide bonds. The van der Waals surface area contributed by atoms with Crippen molar-refractivity contribution in [3.63, 3.8) is 0 Å². The van der Waals surface area contributed by atoms with Gasteiger partial charge in [-0.05, 0) is 42.5 Å². The van der Waals surface area contributed by atoms with Crippen LogP contribution in [0.5, 0.6) is 5.75 Å². The summed E-state index contributed by atoms with van der Waals surface area (Å²) in [6, 6.07) is 11.9. The van der Waals surface area contributed by atoms with Gasteiger partial charge < -0.3 is 10.1 Å². The van der Waals surface area contributed by atoms with Crippen LogP contribution in [0.3, 0.4) is 0 Å². The van der Waals surface area contributed by atoms with E-state index in [9.17, 15) is 9.59 Å². The molecule has 5 nitrogen and oxygen atoms in total. The van der Waals surface area contributed by atoms with E-state index in [-0.39, 0.29) is 5.91 Å². The van der Waals surface area contributed by atoms with Crippen molar-refractivity contribution >= 4 is 23.6 Å². The molecule has 1 aromatic carbocycles. The van der Waals surface area contributed by atoms with Gasteiger partial charge in [-0.25, -0.2) is 4.79 Å². The molecule has 0 radical (unpaired) electrons. The van der Waals surface area contributed by atoms with Crippen molar-refractivity contribution in [3.8, 4) is 5.75 Å². The largest absolute Gasteiger partial charge is 0.423 e. The Morgan fingerprint density at radius 2 is 1.90 bits per heavy atom. The molecule has 21 heavy (non-hydrogen) atoms. The third-order valence-corrected chi connectivity index (χ3v) is 2.47. The van der Waals surface area contributed by atoms with Gasteiger partial charge in [-0.15, -0.1) is 0 Å². The molecule has 0 aliphatic heterocycles. The van der Waals surface area contributed by atoms with Gasteiger partial charge in [0.05, 0.1) is 5.69 Å². The molecule has 2 rings (SSSR count). The lowest BCUT2D eigenvalue weighted by atomic mass is 10.3. The molecular formula is C16H14N2O3. The van der Waals surface area contributed by atoms with Crippen LogP contribution in [-0.4, -0.2) is 16.9 Å². The summed E-state index contributed by atoms with van der Waals surface area (Å²) in [5.41, 5.74) is 1.32. The molecule has 1 N–H and O–H groups in total. The Kier molecular flexibility index (Phi) is 4.82. The second-order valence-corrected chi connectivity index (χ2v) is 4.21. The van der Waals surface area contributed by atoms with Gasteiger partial charge in [0.2, 0.25) is 5.91 Å². The number of hydrogen-bond donors (Lipinski definition) is 1. The summed E-state index contributed by atoms with van der Waals surface area (Å²) >= 11 is 0. The highest BCUT2D eigenvalue weighted by atomic mass is 16.5. The van der Waals surface area contributed by atoms with E-state index in [1.807, 2.05) is 6.07 Å². The highest BCUT2D eigenvalue weighted by molar-refractivity contribution is 5.89. The molecule has 0 fully saturated rings. The maximum Gasteiger partial charge on any atom is 0.336 e. The number of carbonyl (C=O) groups is 2. The van der Waals surface area contributed by atoms with Crippen molar-refractivity contribution in [2.75, 3.05) is 5.32 Å². The molecule has 1 heterocycles. The number of benzene rings is 1. The molecule has 106 valence electrons. The molecule has 0 spiro atoms. The summed E-state index contributed by atoms with van der Waals surface area (Å²) in [5.74, 6) is -0.245. The van der Waals surface area contributed by atoms with E-state index < -0.39 is 5.97 Å². The summed E-state index contributed by atoms with van der Waals surface area (Å²) in [6.45, 7) is 1.43. The smallest absolute Gasteiger partial charge is 0.336 e. The van der Waals surface area contributed by atoms with E-state index in [0.29, 0.717) is 17.1 Å². The quantitative estimate of drug-likeness (QED) is 0.532. The number of rotatable bonds is 4. The Morgan fingerprint density at radius 1 is 1.14 bits per heavy atom. The summed E-state index contributed by atoms with van der Waals surface area (Å²) in [6.07, 6.45) is 4.53. The molecule has 0 bridgehead atoms. The normalized spacial score (nSPS) is 10.3. The lowest BCUT2D eigenvalue weighted by Crippen LogP contribution is -2.06. The Balaban J connectivity index is 1.93. The number of anilines is 1. The topological polar surface area (TPSA) is 68.3 Å². The molecule has 0 aliphatic rings. The number of carbonyl (C=O) groups excluding carboxylic acids is 2. The van der Waals surface area contributed by atoms with Gasteiger partial charge in [0, 0.05) is 24.9 Å². The first-order chi connectivity index (χ1) is 10.1. The molecule has 1 aromatic heterocycles. The highest BCUT2D eigenvalue weighted by Gasteiger charge is 2.01. The van der Waals surface area contributed by atoms with Gasteiger partial charge in [-0.2, -0.15) is 0 Å². The van der Waals surface area contributed by atoms with Gasteiger partial charge in [0.25, 0.3) is 0 Å². The van der Waals surface area contributed by atoms with Crippen LogP contribution in [0.1, 0.15) is 12.6 Å². The average Bonchev–Trinajstić information content (AvgIpc) is 2.48. The Bertz CT molecular complexity index is 649. The molecule has 0 saturated carbocycles. The van der Waals surface area contributed by atoms with Crippen LogP contribution in [-0.2, 0) is 9.59 Å². The standard InChI is InChI=1S/C16H14N2O3/c1-12(19)18-14-5-8-15(9-6-14)21-16(20)10-7-13-4-2-3-11-17-13/h2-11H,1H3,(H,18,19)/b10-7+. The molecule has 2 aromatic rings. The Morgan fingerprint density at radius 3 is 2.52 bits per heavy atom. The van der Waals surface area contributed by atoms with E-state index in [4.69, 9.17) is 4.74 Å². The van der Waals surface area contributed by atoms with E-state index in [1.54, 1.807) is 48.7 Å². The molecule has 0 saturated heterocycles. The first-order valence-corrected chi connectivity index (χ1v) is 6.32. The van der Waals surface area contributed by atoms with Crippen LogP contribution in [0.15, 0.2) is 54.7 Å². The van der Waals surface area contributed by atoms with Crippen molar-refractivity contribution in [1.82, 2.24) is 4.98 Å². The number of aromatic nitrogens is 1. The zero-order chi connectivity index (χ0) is 15.1. The van der Waals surface area contributed by atoms with Gasteiger partial charge in [-0.1, -0.05) is 6.07 Å². The van der Waals surface area contributed by atoms with Crippen molar-refractivity contribution in [3.05, 3.63) is 60.4 Å². The number of nitrogens with zero attached hydrogens (tertiary/aromatic N) is 1. The van der Waals surface area contributed by atoms with Crippen molar-refractivity contribution in [1.29, 1.82) is 0 Å². The van der Waals surface area contributed by atoms with Crippen LogP contribution in [0.2, 0.25) is 0 Å². The van der Waals surface area contributed by atoms with Gasteiger partial charge in [0.1, 0.15) is 5.75 Å². The third-order valence-electron chi connectivity index (χ3n) is 2.47. The van der Waals surface area contributed by atoms with Crippen LogP contribution in [0, 0.1) is 0 Å². The number of pyridine rings is 1. The summed E-state index contributed by atoms with van der Waals surface area (Å²) in [4.78, 5) is 26.6. The van der Waals surface area contributed by atoms with Crippen LogP contribution < -0.4 is 10.1 Å². The van der Waals surface area contributed by atoms with E-state index >= 15 is 0 Å². The number of hydrogen-bond acceptors (Lipinski definition) is 4. The fourth-order valence-electron chi connectivity index (χ4n) is 1.59. The van der Waals surface area contributed by atoms with E-state index in [2.05, 4.69) is 10.3 Å². The van der Waals surface area contributed by atoms with E-state index in [0.717, 1.165) is 0 Å². The fraction of sp³-hybridized carbons (Fsp3) is 0.0625. The van der Waals surface area contributed by atoms with Crippen LogP contribution >= 0.6 is 0 Å². The Labute approximate surface area is 122 Å². The van der Waals surface area contributed by atoms with Crippen LogP contribution in [0.25, 0.3) is 6.08 Å². The predicted molar refractivity (Wildman–Crippen MR) is 79.7 cm³/mol. The first kappa shape index (κ1) is 14.5. The number of amides is 1. The van der Waals surface area contributed by atoms with Gasteiger partial charge >= 0.3 is 5.97 Å². The summed E-state index contributed by atoms with van der Waals surface area (Å²) < 4.78 is 5.13. The van der Waals surface area contributed by atoms with Crippen molar-refractivity contribution in [2.45, 2.75) is 6.92 Å². The summed E-state index contributed by atoms with van der Waals surface area (Å²) in [7, 11) is 0. The first-order valence-electron chi connectivity index (χ1n) is 6.32. The molecule has 0 unspecified atom stereocenters. The maximum absolute atomic E-state index is 11.6. The number of esters is 1. The van der Waals surface area contributed by atoms with Gasteiger partial charge in [-0.3, -0.25) is 9.78 Å². The predicted octanol–water partition coefficient (Wildman–Crippen LogP) is 2.66. The monoisotopic (exact) mass is 282 g/mol. The Hall–Kier alpha value is -2.95. The highest BCUT2D eigenvalue weighted by Crippen LogP contribution is 2.16. The van der Waals surface area contributed by atoms with Crippen molar-refractivity contribution in [2.24, 2.45) is 0 Å². The zero-order valence-electron chi connectivity index (χ0n) is 11.4. The number of nitrogens with one attached hydrogen (secondary N) is 1. The lowest BCUT2D eigenvalue weighted by Gasteiger charge is -2.04. The number of ether oxygens (including phenoxy) is 1. The SMILES string of the molecule is CC(=O)Nc1ccc(OC(=O)/C=C/c2ccccn2)cc1. The minimum atomic E-state index is -0.493. The van der Waals surface area contributed by atoms with E-state index in [1.165, 1.54) is 13.0 Å².